The van der Waals surface area contributed by atoms with Crippen LogP contribution in [0.15, 0.2) is 24.3 Å². The lowest BCUT2D eigenvalue weighted by molar-refractivity contribution is -0.137. The summed E-state index contributed by atoms with van der Waals surface area (Å²) in [7, 11) is 0. The number of rotatable bonds is 4. The molecule has 1 heterocycles. The van der Waals surface area contributed by atoms with Crippen LogP contribution in [0.25, 0.3) is 0 Å². The number of halogens is 4. The summed E-state index contributed by atoms with van der Waals surface area (Å²) in [5, 5.41) is 2.22. The lowest BCUT2D eigenvalue weighted by atomic mass is 10.2. The van der Waals surface area contributed by atoms with Crippen molar-refractivity contribution in [1.29, 1.82) is 0 Å². The fourth-order valence-electron chi connectivity index (χ4n) is 2.73. The molecule has 0 fully saturated rings. The van der Waals surface area contributed by atoms with Crippen molar-refractivity contribution in [3.8, 4) is 0 Å². The van der Waals surface area contributed by atoms with Crippen LogP contribution in [0.4, 0.5) is 18.9 Å². The minimum Gasteiger partial charge on any atom is -0.448 e. The van der Waals surface area contributed by atoms with Gasteiger partial charge in [0.05, 0.1) is 16.3 Å². The molecule has 1 aromatic heterocycles. The molecule has 1 N–H and O–H groups in total. The highest BCUT2D eigenvalue weighted by atomic mass is 35.5. The van der Waals surface area contributed by atoms with E-state index in [0.717, 1.165) is 47.9 Å². The van der Waals surface area contributed by atoms with Crippen molar-refractivity contribution in [3.05, 3.63) is 50.2 Å². The molecule has 0 bridgehead atoms. The normalized spacial score (nSPS) is 14.6. The van der Waals surface area contributed by atoms with Crippen LogP contribution >= 0.6 is 22.9 Å². The molecular formula is C18H15ClF3NO3S. The molecule has 0 radical (unpaired) electrons. The molecule has 1 amide bonds. The number of fused-ring (bicyclic) bond motifs is 1. The van der Waals surface area contributed by atoms with E-state index in [-0.39, 0.29) is 10.7 Å². The van der Waals surface area contributed by atoms with E-state index < -0.39 is 29.7 Å². The van der Waals surface area contributed by atoms with Gasteiger partial charge in [-0.25, -0.2) is 4.79 Å². The summed E-state index contributed by atoms with van der Waals surface area (Å²) in [6, 6.07) is 4.36. The first-order valence-electron chi connectivity index (χ1n) is 8.15. The van der Waals surface area contributed by atoms with Crippen molar-refractivity contribution in [1.82, 2.24) is 0 Å². The maximum absolute atomic E-state index is 12.8. The van der Waals surface area contributed by atoms with Crippen LogP contribution in [0, 0.1) is 0 Å². The van der Waals surface area contributed by atoms with Crippen LogP contribution in [0.1, 0.15) is 39.0 Å². The number of anilines is 1. The second-order valence-corrected chi connectivity index (χ2v) is 7.69. The van der Waals surface area contributed by atoms with Crippen molar-refractivity contribution < 1.29 is 27.5 Å². The summed E-state index contributed by atoms with van der Waals surface area (Å²) in [5.41, 5.74) is -0.0192. The van der Waals surface area contributed by atoms with Crippen molar-refractivity contribution >= 4 is 40.5 Å². The predicted molar refractivity (Wildman–Crippen MR) is 96.3 cm³/mol. The summed E-state index contributed by atoms with van der Waals surface area (Å²) in [5.74, 6) is -1.40. The first-order valence-corrected chi connectivity index (χ1v) is 9.35. The highest BCUT2D eigenvalue weighted by Crippen LogP contribution is 2.34. The number of nitrogens with one attached hydrogen (secondary N) is 1. The van der Waals surface area contributed by atoms with Crippen molar-refractivity contribution in [2.24, 2.45) is 0 Å². The number of aryl methyl sites for hydroxylation is 2. The number of amides is 1. The van der Waals surface area contributed by atoms with Gasteiger partial charge in [0, 0.05) is 4.88 Å². The molecule has 1 aromatic carbocycles. The van der Waals surface area contributed by atoms with Gasteiger partial charge in [0.2, 0.25) is 0 Å². The smallest absolute Gasteiger partial charge is 0.416 e. The quantitative estimate of drug-likeness (QED) is 0.705. The SMILES string of the molecule is CC(OC(=O)c1cc2c(s1)CCC2)C(=O)Nc1cc(C(F)(F)F)ccc1Cl. The Labute approximate surface area is 162 Å². The second kappa shape index (κ2) is 7.52. The van der Waals surface area contributed by atoms with E-state index in [1.807, 2.05) is 0 Å². The van der Waals surface area contributed by atoms with Crippen LogP contribution in [0.5, 0.6) is 0 Å². The van der Waals surface area contributed by atoms with Gasteiger partial charge in [0.1, 0.15) is 4.88 Å². The van der Waals surface area contributed by atoms with E-state index in [9.17, 15) is 22.8 Å². The molecule has 1 aliphatic carbocycles. The molecule has 0 saturated carbocycles. The van der Waals surface area contributed by atoms with Crippen LogP contribution < -0.4 is 5.32 Å². The maximum Gasteiger partial charge on any atom is 0.416 e. The summed E-state index contributed by atoms with van der Waals surface area (Å²) < 4.78 is 43.5. The van der Waals surface area contributed by atoms with Crippen LogP contribution in [-0.4, -0.2) is 18.0 Å². The van der Waals surface area contributed by atoms with Gasteiger partial charge in [0.25, 0.3) is 5.91 Å². The minimum atomic E-state index is -4.57. The van der Waals surface area contributed by atoms with Crippen molar-refractivity contribution in [2.75, 3.05) is 5.32 Å². The Morgan fingerprint density at radius 1 is 1.26 bits per heavy atom. The molecule has 4 nitrogen and oxygen atoms in total. The zero-order valence-electron chi connectivity index (χ0n) is 14.2. The zero-order chi connectivity index (χ0) is 19.8. The summed E-state index contributed by atoms with van der Waals surface area (Å²) in [6.07, 6.45) is -2.85. The molecule has 1 unspecified atom stereocenters. The van der Waals surface area contributed by atoms with E-state index in [4.69, 9.17) is 16.3 Å². The molecule has 1 aliphatic rings. The Kier molecular flexibility index (Phi) is 5.48. The largest absolute Gasteiger partial charge is 0.448 e. The Morgan fingerprint density at radius 3 is 2.67 bits per heavy atom. The molecule has 2 aromatic rings. The van der Waals surface area contributed by atoms with Gasteiger partial charge in [-0.05, 0) is 56.0 Å². The van der Waals surface area contributed by atoms with Gasteiger partial charge in [0.15, 0.2) is 6.10 Å². The molecule has 0 spiro atoms. The molecule has 0 saturated heterocycles. The van der Waals surface area contributed by atoms with Crippen LogP contribution in [0.3, 0.4) is 0 Å². The topological polar surface area (TPSA) is 55.4 Å². The van der Waals surface area contributed by atoms with E-state index in [0.29, 0.717) is 4.88 Å². The molecule has 27 heavy (non-hydrogen) atoms. The monoisotopic (exact) mass is 417 g/mol. The highest BCUT2D eigenvalue weighted by molar-refractivity contribution is 7.14. The Morgan fingerprint density at radius 2 is 2.00 bits per heavy atom. The third kappa shape index (κ3) is 4.44. The number of hydrogen-bond acceptors (Lipinski definition) is 4. The van der Waals surface area contributed by atoms with E-state index in [1.165, 1.54) is 18.3 Å². The van der Waals surface area contributed by atoms with Gasteiger partial charge in [-0.2, -0.15) is 13.2 Å². The summed E-state index contributed by atoms with van der Waals surface area (Å²) >= 11 is 7.19. The third-order valence-corrected chi connectivity index (χ3v) is 5.70. The standard InChI is InChI=1S/C18H15ClF3NO3S/c1-9(26-17(25)15-7-10-3-2-4-14(10)27-15)16(24)23-13-8-11(18(20,21)22)5-6-12(13)19/h5-9H,2-4H2,1H3,(H,23,24). The van der Waals surface area contributed by atoms with Crippen LogP contribution in [0.2, 0.25) is 5.02 Å². The molecule has 9 heteroatoms. The van der Waals surface area contributed by atoms with E-state index >= 15 is 0 Å². The predicted octanol–water partition coefficient (Wildman–Crippen LogP) is 5.09. The number of esters is 1. The van der Waals surface area contributed by atoms with Crippen LogP contribution in [-0.2, 0) is 28.5 Å². The lowest BCUT2D eigenvalue weighted by Gasteiger charge is -2.15. The molecule has 3 rings (SSSR count). The molecule has 0 aliphatic heterocycles. The first-order chi connectivity index (χ1) is 12.6. The Bertz CT molecular complexity index is 873. The summed E-state index contributed by atoms with van der Waals surface area (Å²) in [4.78, 5) is 26.0. The third-order valence-electron chi connectivity index (χ3n) is 4.15. The zero-order valence-corrected chi connectivity index (χ0v) is 15.7. The summed E-state index contributed by atoms with van der Waals surface area (Å²) in [6.45, 7) is 1.34. The number of benzene rings is 1. The number of ether oxygens (including phenoxy) is 1. The van der Waals surface area contributed by atoms with E-state index in [1.54, 1.807) is 6.07 Å². The number of hydrogen-bond donors (Lipinski definition) is 1. The number of thiophene rings is 1. The first kappa shape index (κ1) is 19.7. The Balaban J connectivity index is 1.66. The number of carbonyl (C=O) groups is 2. The van der Waals surface area contributed by atoms with Gasteiger partial charge >= 0.3 is 12.1 Å². The van der Waals surface area contributed by atoms with Gasteiger partial charge in [-0.15, -0.1) is 11.3 Å². The van der Waals surface area contributed by atoms with Gasteiger partial charge in [-0.3, -0.25) is 4.79 Å². The fourth-order valence-corrected chi connectivity index (χ4v) is 4.03. The molecule has 1 atom stereocenters. The molecular weight excluding hydrogens is 403 g/mol. The fraction of sp³-hybridized carbons (Fsp3) is 0.333. The number of alkyl halides is 3. The average Bonchev–Trinajstić information content (AvgIpc) is 3.17. The number of carbonyl (C=O) groups excluding carboxylic acids is 2. The van der Waals surface area contributed by atoms with Gasteiger partial charge in [-0.1, -0.05) is 11.6 Å². The highest BCUT2D eigenvalue weighted by Gasteiger charge is 2.31. The lowest BCUT2D eigenvalue weighted by Crippen LogP contribution is -2.30. The van der Waals surface area contributed by atoms with Crippen molar-refractivity contribution in [2.45, 2.75) is 38.5 Å². The average molecular weight is 418 g/mol. The second-order valence-electron chi connectivity index (χ2n) is 6.14. The molecule has 144 valence electrons. The van der Waals surface area contributed by atoms with E-state index in [2.05, 4.69) is 5.32 Å². The van der Waals surface area contributed by atoms with Gasteiger partial charge < -0.3 is 10.1 Å². The maximum atomic E-state index is 12.8. The Hall–Kier alpha value is -2.06. The minimum absolute atomic E-state index is 0.0513. The van der Waals surface area contributed by atoms with Crippen molar-refractivity contribution in [3.63, 3.8) is 0 Å².